The number of rotatable bonds is 4. The molecule has 0 spiro atoms. The van der Waals surface area contributed by atoms with Gasteiger partial charge in [-0.25, -0.2) is 8.42 Å². The van der Waals surface area contributed by atoms with Crippen LogP contribution >= 0.6 is 22.9 Å². The van der Waals surface area contributed by atoms with Crippen LogP contribution in [0.2, 0.25) is 5.02 Å². The lowest BCUT2D eigenvalue weighted by molar-refractivity contribution is 0.0698. The average Bonchev–Trinajstić information content (AvgIpc) is 3.28. The normalized spacial score (nSPS) is 15.1. The van der Waals surface area contributed by atoms with Crippen LogP contribution in [0.5, 0.6) is 0 Å². The third-order valence-corrected chi connectivity index (χ3v) is 9.41. The molecule has 33 heavy (non-hydrogen) atoms. The van der Waals surface area contributed by atoms with Crippen LogP contribution < -0.4 is 0 Å². The lowest BCUT2D eigenvalue weighted by Gasteiger charge is -2.33. The molecule has 0 bridgehead atoms. The number of carbonyl (C=O) groups is 1. The molecule has 1 aliphatic heterocycles. The highest BCUT2D eigenvalue weighted by atomic mass is 35.5. The van der Waals surface area contributed by atoms with Crippen molar-refractivity contribution >= 4 is 49.0 Å². The number of thiophene rings is 1. The number of sulfonamides is 1. The van der Waals surface area contributed by atoms with Gasteiger partial charge in [-0.1, -0.05) is 29.8 Å². The summed E-state index contributed by atoms with van der Waals surface area (Å²) in [6.07, 6.45) is 3.46. The maximum Gasteiger partial charge on any atom is 0.253 e. The van der Waals surface area contributed by atoms with Crippen molar-refractivity contribution in [2.45, 2.75) is 4.21 Å². The molecular weight excluding hydrogens is 478 g/mol. The van der Waals surface area contributed by atoms with E-state index in [2.05, 4.69) is 4.98 Å². The highest BCUT2D eigenvalue weighted by molar-refractivity contribution is 7.91. The van der Waals surface area contributed by atoms with Crippen LogP contribution in [-0.2, 0) is 10.0 Å². The Morgan fingerprint density at radius 1 is 0.879 bits per heavy atom. The van der Waals surface area contributed by atoms with Crippen molar-refractivity contribution in [3.8, 4) is 11.1 Å². The first-order valence-electron chi connectivity index (χ1n) is 10.4. The van der Waals surface area contributed by atoms with Crippen LogP contribution in [-0.4, -0.2) is 54.7 Å². The Balaban J connectivity index is 1.26. The number of pyridine rings is 1. The minimum absolute atomic E-state index is 0.0927. The van der Waals surface area contributed by atoms with Crippen molar-refractivity contribution in [3.63, 3.8) is 0 Å². The minimum Gasteiger partial charge on any atom is -0.336 e. The summed E-state index contributed by atoms with van der Waals surface area (Å²) >= 11 is 7.25. The Morgan fingerprint density at radius 2 is 1.55 bits per heavy atom. The first-order valence-corrected chi connectivity index (χ1v) is 13.0. The van der Waals surface area contributed by atoms with Gasteiger partial charge < -0.3 is 4.90 Å². The Hall–Kier alpha value is -2.78. The van der Waals surface area contributed by atoms with Crippen LogP contribution in [0.25, 0.3) is 21.2 Å². The quantitative estimate of drug-likeness (QED) is 0.407. The molecule has 0 radical (unpaired) electrons. The summed E-state index contributed by atoms with van der Waals surface area (Å²) in [7, 11) is -3.62. The van der Waals surface area contributed by atoms with E-state index in [0.717, 1.165) is 21.2 Å². The number of amides is 1. The second kappa shape index (κ2) is 8.87. The zero-order valence-electron chi connectivity index (χ0n) is 17.5. The fourth-order valence-electron chi connectivity index (χ4n) is 3.90. The number of halogens is 1. The van der Waals surface area contributed by atoms with E-state index in [4.69, 9.17) is 11.6 Å². The molecule has 5 rings (SSSR count). The molecule has 2 aromatic carbocycles. The molecule has 0 saturated carbocycles. The summed E-state index contributed by atoms with van der Waals surface area (Å²) in [6.45, 7) is 1.22. The fourth-order valence-corrected chi connectivity index (χ4v) is 7.15. The number of piperazine rings is 1. The van der Waals surface area contributed by atoms with Gasteiger partial charge in [-0.15, -0.1) is 11.3 Å². The number of benzene rings is 2. The van der Waals surface area contributed by atoms with Crippen LogP contribution in [0.15, 0.2) is 77.3 Å². The fraction of sp³-hybridized carbons (Fsp3) is 0.167. The van der Waals surface area contributed by atoms with E-state index >= 15 is 0 Å². The highest BCUT2D eigenvalue weighted by Crippen LogP contribution is 2.33. The molecule has 4 aromatic rings. The van der Waals surface area contributed by atoms with Crippen molar-refractivity contribution in [2.24, 2.45) is 0 Å². The lowest BCUT2D eigenvalue weighted by atomic mass is 10.0. The number of aromatic nitrogens is 1. The van der Waals surface area contributed by atoms with Gasteiger partial charge in [0.25, 0.3) is 15.9 Å². The number of carbonyl (C=O) groups excluding carboxylic acids is 1. The Morgan fingerprint density at radius 3 is 2.24 bits per heavy atom. The smallest absolute Gasteiger partial charge is 0.253 e. The summed E-state index contributed by atoms with van der Waals surface area (Å²) < 4.78 is 28.9. The lowest BCUT2D eigenvalue weighted by Crippen LogP contribution is -2.50. The molecule has 1 amide bonds. The summed E-state index contributed by atoms with van der Waals surface area (Å²) in [4.78, 5) is 18.7. The minimum atomic E-state index is -3.62. The van der Waals surface area contributed by atoms with Crippen molar-refractivity contribution in [1.29, 1.82) is 0 Å². The third kappa shape index (κ3) is 4.39. The zero-order chi connectivity index (χ0) is 23.0. The van der Waals surface area contributed by atoms with Gasteiger partial charge in [-0.05, 0) is 59.0 Å². The van der Waals surface area contributed by atoms with E-state index in [1.54, 1.807) is 35.5 Å². The molecule has 0 N–H and O–H groups in total. The highest BCUT2D eigenvalue weighted by Gasteiger charge is 2.31. The first kappa shape index (κ1) is 22.0. The maximum absolute atomic E-state index is 13.2. The van der Waals surface area contributed by atoms with Gasteiger partial charge in [0.2, 0.25) is 0 Å². The van der Waals surface area contributed by atoms with Crippen molar-refractivity contribution in [2.75, 3.05) is 26.2 Å². The molecule has 0 aliphatic carbocycles. The monoisotopic (exact) mass is 497 g/mol. The number of hydrogen-bond donors (Lipinski definition) is 0. The molecule has 2 aromatic heterocycles. The van der Waals surface area contributed by atoms with E-state index in [-0.39, 0.29) is 19.0 Å². The maximum atomic E-state index is 13.2. The molecule has 0 atom stereocenters. The van der Waals surface area contributed by atoms with Crippen molar-refractivity contribution in [1.82, 2.24) is 14.2 Å². The van der Waals surface area contributed by atoms with Crippen molar-refractivity contribution < 1.29 is 13.2 Å². The molecular formula is C24H20ClN3O3S2. The van der Waals surface area contributed by atoms with E-state index in [0.29, 0.717) is 27.9 Å². The standard InChI is InChI=1S/C24H20ClN3O3S2/c25-21-6-5-20-15-23(32-22(20)16-21)33(30,31)28-13-11-27(12-14-28)24(29)19-3-1-17(2-4-19)18-7-9-26-10-8-18/h1-10,15-16H,11-14H2. The molecule has 1 saturated heterocycles. The molecule has 3 heterocycles. The Labute approximate surface area is 201 Å². The number of hydrogen-bond acceptors (Lipinski definition) is 5. The summed E-state index contributed by atoms with van der Waals surface area (Å²) in [5.41, 5.74) is 2.63. The second-order valence-corrected chi connectivity index (χ2v) is 11.4. The number of fused-ring (bicyclic) bond motifs is 1. The number of nitrogens with zero attached hydrogens (tertiary/aromatic N) is 3. The van der Waals surface area contributed by atoms with Crippen LogP contribution in [0.3, 0.4) is 0 Å². The van der Waals surface area contributed by atoms with Crippen LogP contribution in [0.4, 0.5) is 0 Å². The molecule has 9 heteroatoms. The predicted octanol–water partition coefficient (Wildman–Crippen LogP) is 4.76. The van der Waals surface area contributed by atoms with Gasteiger partial charge in [0.1, 0.15) is 4.21 Å². The van der Waals surface area contributed by atoms with Crippen LogP contribution in [0.1, 0.15) is 10.4 Å². The average molecular weight is 498 g/mol. The van der Waals surface area contributed by atoms with E-state index < -0.39 is 10.0 Å². The summed E-state index contributed by atoms with van der Waals surface area (Å²) in [6, 6.07) is 18.3. The first-order chi connectivity index (χ1) is 15.9. The second-order valence-electron chi connectivity index (χ2n) is 7.76. The topological polar surface area (TPSA) is 70.6 Å². The molecule has 168 valence electrons. The zero-order valence-corrected chi connectivity index (χ0v) is 19.9. The largest absolute Gasteiger partial charge is 0.336 e. The summed E-state index contributed by atoms with van der Waals surface area (Å²) in [5, 5.41) is 1.43. The van der Waals surface area contributed by atoms with Crippen LogP contribution in [0, 0.1) is 0 Å². The van der Waals surface area contributed by atoms with E-state index in [1.807, 2.05) is 42.5 Å². The van der Waals surface area contributed by atoms with Gasteiger partial charge in [0.05, 0.1) is 0 Å². The van der Waals surface area contributed by atoms with Gasteiger partial charge in [0.15, 0.2) is 0 Å². The van der Waals surface area contributed by atoms with Crippen molar-refractivity contribution in [3.05, 3.63) is 83.6 Å². The molecule has 1 fully saturated rings. The Bertz CT molecular complexity index is 1410. The van der Waals surface area contributed by atoms with Gasteiger partial charge in [-0.2, -0.15) is 4.31 Å². The Kier molecular flexibility index (Phi) is 5.92. The van der Waals surface area contributed by atoms with Gasteiger partial charge in [-0.3, -0.25) is 9.78 Å². The SMILES string of the molecule is O=C(c1ccc(-c2ccncc2)cc1)N1CCN(S(=O)(=O)c2cc3ccc(Cl)cc3s2)CC1. The van der Waals surface area contributed by atoms with E-state index in [9.17, 15) is 13.2 Å². The molecule has 0 unspecified atom stereocenters. The summed E-state index contributed by atoms with van der Waals surface area (Å²) in [5.74, 6) is -0.0927. The van der Waals surface area contributed by atoms with Gasteiger partial charge in [0, 0.05) is 53.9 Å². The van der Waals surface area contributed by atoms with E-state index in [1.165, 1.54) is 15.6 Å². The predicted molar refractivity (Wildman–Crippen MR) is 131 cm³/mol. The third-order valence-electron chi connectivity index (χ3n) is 5.73. The molecule has 1 aliphatic rings. The molecule has 6 nitrogen and oxygen atoms in total. The van der Waals surface area contributed by atoms with Gasteiger partial charge >= 0.3 is 0 Å².